The highest BCUT2D eigenvalue weighted by molar-refractivity contribution is 6.73. The molecule has 2 rings (SSSR count). The molecular weight excluding hydrogens is 328 g/mol. The first-order valence-corrected chi connectivity index (χ1v) is 12.3. The van der Waals surface area contributed by atoms with Crippen molar-refractivity contribution in [2.24, 2.45) is 0 Å². The predicted octanol–water partition coefficient (Wildman–Crippen LogP) is 5.62. The second-order valence-electron chi connectivity index (χ2n) is 7.19. The molecule has 0 radical (unpaired) electrons. The van der Waals surface area contributed by atoms with E-state index in [4.69, 9.17) is 9.16 Å². The highest BCUT2D eigenvalue weighted by Gasteiger charge is 2.41. The number of methoxy groups -OCH3 is 1. The summed E-state index contributed by atoms with van der Waals surface area (Å²) in [7, 11) is -0.0172. The Bertz CT molecular complexity index is 534. The van der Waals surface area contributed by atoms with Gasteiger partial charge >= 0.3 is 0 Å². The molecule has 140 valence electrons. The van der Waals surface area contributed by atoms with Crippen LogP contribution in [0.5, 0.6) is 5.75 Å². The fraction of sp³-hybridized carbons (Fsp3) is 0.619. The number of aliphatic hydroxyl groups excluding tert-OH is 1. The molecular formula is C21H34O3Si. The van der Waals surface area contributed by atoms with Crippen molar-refractivity contribution in [3.63, 3.8) is 0 Å². The normalized spacial score (nSPS) is 18.6. The van der Waals surface area contributed by atoms with Gasteiger partial charge in [-0.05, 0) is 48.7 Å². The van der Waals surface area contributed by atoms with Gasteiger partial charge in [-0.3, -0.25) is 0 Å². The molecule has 1 N–H and O–H groups in total. The lowest BCUT2D eigenvalue weighted by molar-refractivity contribution is 0.111. The maximum absolute atomic E-state index is 10.6. The van der Waals surface area contributed by atoms with Gasteiger partial charge in [0.1, 0.15) is 5.75 Å². The van der Waals surface area contributed by atoms with Crippen LogP contribution in [-0.2, 0) is 4.43 Å². The molecule has 1 saturated carbocycles. The average Bonchev–Trinajstić information content (AvgIpc) is 3.13. The SMILES string of the molecule is CC[Si](CC)(CC)OC1(/C=C/C(O)c2ccc(OC)cc2)CCCC1. The van der Waals surface area contributed by atoms with Gasteiger partial charge in [0, 0.05) is 0 Å². The van der Waals surface area contributed by atoms with E-state index in [0.717, 1.165) is 42.3 Å². The number of aliphatic hydroxyl groups is 1. The van der Waals surface area contributed by atoms with E-state index >= 15 is 0 Å². The molecule has 1 aliphatic carbocycles. The first-order chi connectivity index (χ1) is 12.0. The van der Waals surface area contributed by atoms with E-state index < -0.39 is 14.4 Å². The van der Waals surface area contributed by atoms with Crippen molar-refractivity contribution in [2.45, 2.75) is 76.3 Å². The van der Waals surface area contributed by atoms with E-state index in [0.29, 0.717) is 0 Å². The van der Waals surface area contributed by atoms with Gasteiger partial charge in [-0.1, -0.05) is 57.9 Å². The summed E-state index contributed by atoms with van der Waals surface area (Å²) in [5.74, 6) is 0.806. The van der Waals surface area contributed by atoms with E-state index in [9.17, 15) is 5.11 Å². The van der Waals surface area contributed by atoms with Crippen LogP contribution in [0.3, 0.4) is 0 Å². The zero-order valence-corrected chi connectivity index (χ0v) is 17.3. The van der Waals surface area contributed by atoms with E-state index in [1.54, 1.807) is 7.11 Å². The first-order valence-electron chi connectivity index (χ1n) is 9.73. The van der Waals surface area contributed by atoms with Crippen molar-refractivity contribution in [2.75, 3.05) is 7.11 Å². The Morgan fingerprint density at radius 1 is 1.08 bits per heavy atom. The summed E-state index contributed by atoms with van der Waals surface area (Å²) in [5, 5.41) is 10.6. The van der Waals surface area contributed by atoms with Crippen LogP contribution in [0.2, 0.25) is 18.1 Å². The molecule has 1 atom stereocenters. The Morgan fingerprint density at radius 3 is 2.12 bits per heavy atom. The largest absolute Gasteiger partial charge is 0.497 e. The lowest BCUT2D eigenvalue weighted by Crippen LogP contribution is -2.45. The summed E-state index contributed by atoms with van der Waals surface area (Å²) in [5.41, 5.74) is 0.719. The van der Waals surface area contributed by atoms with Crippen LogP contribution < -0.4 is 4.74 Å². The van der Waals surface area contributed by atoms with Gasteiger partial charge in [0.05, 0.1) is 18.8 Å². The molecule has 1 unspecified atom stereocenters. The third kappa shape index (κ3) is 4.96. The minimum Gasteiger partial charge on any atom is -0.497 e. The highest BCUT2D eigenvalue weighted by Crippen LogP contribution is 2.40. The summed E-state index contributed by atoms with van der Waals surface area (Å²) in [4.78, 5) is 0. The molecule has 0 aliphatic heterocycles. The maximum Gasteiger partial charge on any atom is 0.193 e. The van der Waals surface area contributed by atoms with E-state index in [1.165, 1.54) is 12.8 Å². The minimum atomic E-state index is -1.67. The monoisotopic (exact) mass is 362 g/mol. The van der Waals surface area contributed by atoms with Gasteiger partial charge in [0.2, 0.25) is 0 Å². The van der Waals surface area contributed by atoms with Gasteiger partial charge in [0.25, 0.3) is 0 Å². The van der Waals surface area contributed by atoms with Gasteiger partial charge in [-0.25, -0.2) is 0 Å². The first kappa shape index (κ1) is 20.2. The van der Waals surface area contributed by atoms with Crippen LogP contribution in [0.25, 0.3) is 0 Å². The second kappa shape index (κ2) is 9.02. The van der Waals surface area contributed by atoms with E-state index in [2.05, 4.69) is 26.8 Å². The average molecular weight is 363 g/mol. The van der Waals surface area contributed by atoms with Crippen molar-refractivity contribution < 1.29 is 14.3 Å². The molecule has 1 aromatic carbocycles. The van der Waals surface area contributed by atoms with Crippen molar-refractivity contribution in [3.05, 3.63) is 42.0 Å². The Morgan fingerprint density at radius 2 is 1.64 bits per heavy atom. The molecule has 0 amide bonds. The maximum atomic E-state index is 10.6. The smallest absolute Gasteiger partial charge is 0.193 e. The van der Waals surface area contributed by atoms with Crippen LogP contribution in [0.15, 0.2) is 36.4 Å². The van der Waals surface area contributed by atoms with Crippen LogP contribution in [0.1, 0.15) is 58.1 Å². The lowest BCUT2D eigenvalue weighted by atomic mass is 9.99. The molecule has 0 saturated heterocycles. The van der Waals surface area contributed by atoms with Crippen molar-refractivity contribution in [1.82, 2.24) is 0 Å². The fourth-order valence-electron chi connectivity index (χ4n) is 3.85. The quantitative estimate of drug-likeness (QED) is 0.458. The molecule has 1 aliphatic rings. The zero-order valence-electron chi connectivity index (χ0n) is 16.3. The number of ether oxygens (including phenoxy) is 1. The van der Waals surface area contributed by atoms with Crippen molar-refractivity contribution in [3.8, 4) is 5.75 Å². The number of hydrogen-bond acceptors (Lipinski definition) is 3. The van der Waals surface area contributed by atoms with Crippen LogP contribution >= 0.6 is 0 Å². The Hall–Kier alpha value is -1.10. The number of hydrogen-bond donors (Lipinski definition) is 1. The Balaban J connectivity index is 2.15. The summed E-state index contributed by atoms with van der Waals surface area (Å²) < 4.78 is 12.1. The Kier molecular flexibility index (Phi) is 7.29. The molecule has 1 fully saturated rings. The summed E-state index contributed by atoms with van der Waals surface area (Å²) in [6.45, 7) is 6.83. The van der Waals surface area contributed by atoms with E-state index in [-0.39, 0.29) is 5.60 Å². The minimum absolute atomic E-state index is 0.165. The standard InChI is InChI=1S/C21H34O3Si/c1-5-25(6-2,7-3)24-21(15-8-9-16-21)17-14-20(22)18-10-12-19(23-4)13-11-18/h10-14,17,20,22H,5-9,15-16H2,1-4H3/b17-14+. The van der Waals surface area contributed by atoms with Gasteiger partial charge in [0.15, 0.2) is 8.32 Å². The Labute approximate surface area is 154 Å². The topological polar surface area (TPSA) is 38.7 Å². The third-order valence-corrected chi connectivity index (χ3v) is 10.5. The molecule has 4 heteroatoms. The van der Waals surface area contributed by atoms with Crippen LogP contribution in [0, 0.1) is 0 Å². The lowest BCUT2D eigenvalue weighted by Gasteiger charge is -2.39. The number of benzene rings is 1. The van der Waals surface area contributed by atoms with Gasteiger partial charge < -0.3 is 14.3 Å². The number of rotatable bonds is 9. The van der Waals surface area contributed by atoms with E-state index in [1.807, 2.05) is 30.3 Å². The second-order valence-corrected chi connectivity index (χ2v) is 11.9. The third-order valence-electron chi connectivity index (χ3n) is 5.84. The molecule has 25 heavy (non-hydrogen) atoms. The molecule has 0 heterocycles. The fourth-order valence-corrected chi connectivity index (χ4v) is 6.92. The highest BCUT2D eigenvalue weighted by atomic mass is 28.4. The summed E-state index contributed by atoms with van der Waals surface area (Å²) in [6, 6.07) is 11.1. The summed E-state index contributed by atoms with van der Waals surface area (Å²) >= 11 is 0. The van der Waals surface area contributed by atoms with Crippen molar-refractivity contribution in [1.29, 1.82) is 0 Å². The van der Waals surface area contributed by atoms with Crippen molar-refractivity contribution >= 4 is 8.32 Å². The molecule has 3 nitrogen and oxygen atoms in total. The molecule has 1 aromatic rings. The zero-order chi connectivity index (χ0) is 18.3. The van der Waals surface area contributed by atoms with Gasteiger partial charge in [-0.2, -0.15) is 0 Å². The molecule has 0 spiro atoms. The van der Waals surface area contributed by atoms with Gasteiger partial charge in [-0.15, -0.1) is 0 Å². The predicted molar refractivity (Wildman–Crippen MR) is 107 cm³/mol. The van der Waals surface area contributed by atoms with Crippen LogP contribution in [-0.4, -0.2) is 26.1 Å². The summed E-state index contributed by atoms with van der Waals surface area (Å²) in [6.07, 6.45) is 8.06. The molecule has 0 bridgehead atoms. The van der Waals surface area contributed by atoms with Crippen LogP contribution in [0.4, 0.5) is 0 Å². The molecule has 0 aromatic heterocycles.